The number of benzene rings is 3. The van der Waals surface area contributed by atoms with E-state index in [-0.39, 0.29) is 13.4 Å². The number of fused-ring (bicyclic) bond motifs is 1. The first-order chi connectivity index (χ1) is 15.1. The maximum Gasteiger partial charge on any atom is 0.344 e. The number of rotatable bonds is 7. The Balaban J connectivity index is 1.31. The number of esters is 1. The summed E-state index contributed by atoms with van der Waals surface area (Å²) in [6, 6.07) is 22.2. The van der Waals surface area contributed by atoms with Crippen LogP contribution in [0.3, 0.4) is 0 Å². The normalized spacial score (nSPS) is 12.7. The van der Waals surface area contributed by atoms with Gasteiger partial charge in [0.15, 0.2) is 24.2 Å². The van der Waals surface area contributed by atoms with Gasteiger partial charge in [-0.15, -0.1) is 0 Å². The van der Waals surface area contributed by atoms with E-state index in [1.165, 1.54) is 6.92 Å². The fourth-order valence-corrected chi connectivity index (χ4v) is 3.09. The van der Waals surface area contributed by atoms with Gasteiger partial charge < -0.3 is 24.3 Å². The lowest BCUT2D eigenvalue weighted by Crippen LogP contribution is -2.31. The molecule has 1 atom stereocenters. The molecule has 3 aromatic carbocycles. The van der Waals surface area contributed by atoms with Crippen LogP contribution in [-0.4, -0.2) is 31.4 Å². The Hall–Kier alpha value is -4.00. The predicted molar refractivity (Wildman–Crippen MR) is 114 cm³/mol. The Bertz CT molecular complexity index is 1080. The van der Waals surface area contributed by atoms with Gasteiger partial charge in [0.05, 0.1) is 0 Å². The molecule has 0 saturated heterocycles. The molecule has 1 amide bonds. The average molecular weight is 419 g/mol. The van der Waals surface area contributed by atoms with Crippen molar-refractivity contribution < 1.29 is 28.5 Å². The van der Waals surface area contributed by atoms with Crippen LogP contribution in [0.1, 0.15) is 6.92 Å². The van der Waals surface area contributed by atoms with Crippen molar-refractivity contribution in [3.63, 3.8) is 0 Å². The summed E-state index contributed by atoms with van der Waals surface area (Å²) in [6.45, 7) is 1.33. The van der Waals surface area contributed by atoms with E-state index in [1.54, 1.807) is 24.3 Å². The molecule has 0 radical (unpaired) electrons. The monoisotopic (exact) mass is 419 g/mol. The molecule has 7 heteroatoms. The molecule has 0 spiro atoms. The number of carbonyl (C=O) groups is 2. The Morgan fingerprint density at radius 1 is 0.968 bits per heavy atom. The van der Waals surface area contributed by atoms with Gasteiger partial charge in [-0.2, -0.15) is 0 Å². The standard InChI is InChI=1S/C24H21NO6/c1-16(24(27)25-18-11-12-21-22(13-18)30-15-29-21)31-23(26)14-28-20-10-6-5-9-19(20)17-7-3-2-4-8-17/h2-13,16H,14-15H2,1H3,(H,25,27)/t16-/m0/s1. The van der Waals surface area contributed by atoms with Crippen molar-refractivity contribution in [1.82, 2.24) is 0 Å². The molecular weight excluding hydrogens is 398 g/mol. The summed E-state index contributed by atoms with van der Waals surface area (Å²) < 4.78 is 21.4. The highest BCUT2D eigenvalue weighted by Gasteiger charge is 2.20. The van der Waals surface area contributed by atoms with Crippen LogP contribution in [0.15, 0.2) is 72.8 Å². The molecule has 1 heterocycles. The molecule has 158 valence electrons. The molecule has 3 aromatic rings. The molecule has 0 unspecified atom stereocenters. The average Bonchev–Trinajstić information content (AvgIpc) is 3.26. The number of nitrogens with one attached hydrogen (secondary N) is 1. The number of para-hydroxylation sites is 1. The van der Waals surface area contributed by atoms with Crippen LogP contribution >= 0.6 is 0 Å². The van der Waals surface area contributed by atoms with Gasteiger partial charge in [-0.25, -0.2) is 4.79 Å². The maximum absolute atomic E-state index is 12.4. The third-order valence-corrected chi connectivity index (χ3v) is 4.63. The largest absolute Gasteiger partial charge is 0.481 e. The molecule has 31 heavy (non-hydrogen) atoms. The molecule has 1 aliphatic rings. The molecule has 0 aliphatic carbocycles. The SMILES string of the molecule is C[C@H](OC(=O)COc1ccccc1-c1ccccc1)C(=O)Nc1ccc2c(c1)OCO2. The van der Waals surface area contributed by atoms with Gasteiger partial charge in [0, 0.05) is 17.3 Å². The van der Waals surface area contributed by atoms with Gasteiger partial charge in [0.25, 0.3) is 5.91 Å². The highest BCUT2D eigenvalue weighted by molar-refractivity contribution is 5.95. The minimum Gasteiger partial charge on any atom is -0.481 e. The van der Waals surface area contributed by atoms with Gasteiger partial charge in [-0.3, -0.25) is 4.79 Å². The van der Waals surface area contributed by atoms with E-state index in [2.05, 4.69) is 5.32 Å². The Kier molecular flexibility index (Phi) is 6.03. The predicted octanol–water partition coefficient (Wildman–Crippen LogP) is 4.03. The summed E-state index contributed by atoms with van der Waals surface area (Å²) in [4.78, 5) is 24.6. The summed E-state index contributed by atoms with van der Waals surface area (Å²) in [5.41, 5.74) is 2.36. The van der Waals surface area contributed by atoms with Gasteiger partial charge >= 0.3 is 5.97 Å². The zero-order valence-corrected chi connectivity index (χ0v) is 16.9. The van der Waals surface area contributed by atoms with E-state index < -0.39 is 18.0 Å². The van der Waals surface area contributed by atoms with E-state index in [0.29, 0.717) is 22.9 Å². The first kappa shape index (κ1) is 20.3. The van der Waals surface area contributed by atoms with Gasteiger partial charge in [-0.05, 0) is 30.7 Å². The van der Waals surface area contributed by atoms with E-state index in [0.717, 1.165) is 11.1 Å². The van der Waals surface area contributed by atoms with Crippen molar-refractivity contribution in [1.29, 1.82) is 0 Å². The van der Waals surface area contributed by atoms with Gasteiger partial charge in [0.1, 0.15) is 5.75 Å². The topological polar surface area (TPSA) is 83.1 Å². The lowest BCUT2D eigenvalue weighted by Gasteiger charge is -2.15. The molecule has 1 aliphatic heterocycles. The Labute approximate surface area is 179 Å². The molecule has 0 aromatic heterocycles. The number of hydrogen-bond donors (Lipinski definition) is 1. The van der Waals surface area contributed by atoms with Crippen LogP contribution in [0.5, 0.6) is 17.2 Å². The van der Waals surface area contributed by atoms with Crippen molar-refractivity contribution in [2.45, 2.75) is 13.0 Å². The Morgan fingerprint density at radius 2 is 1.71 bits per heavy atom. The molecule has 0 saturated carbocycles. The maximum atomic E-state index is 12.4. The molecular formula is C24H21NO6. The number of anilines is 1. The first-order valence-electron chi connectivity index (χ1n) is 9.77. The van der Waals surface area contributed by atoms with Crippen LogP contribution in [-0.2, 0) is 14.3 Å². The summed E-state index contributed by atoms with van der Waals surface area (Å²) in [6.07, 6.45) is -0.995. The van der Waals surface area contributed by atoms with E-state index in [1.807, 2.05) is 48.5 Å². The summed E-state index contributed by atoms with van der Waals surface area (Å²) in [7, 11) is 0. The van der Waals surface area contributed by atoms with Crippen LogP contribution < -0.4 is 19.5 Å². The second-order valence-corrected chi connectivity index (χ2v) is 6.84. The van der Waals surface area contributed by atoms with Gasteiger partial charge in [0.2, 0.25) is 6.79 Å². The molecule has 1 N–H and O–H groups in total. The summed E-state index contributed by atoms with van der Waals surface area (Å²) in [5, 5.41) is 2.69. The molecule has 0 fully saturated rings. The third-order valence-electron chi connectivity index (χ3n) is 4.63. The van der Waals surface area contributed by atoms with Crippen molar-refractivity contribution >= 4 is 17.6 Å². The van der Waals surface area contributed by atoms with E-state index >= 15 is 0 Å². The molecule has 7 nitrogen and oxygen atoms in total. The minimum atomic E-state index is -0.995. The first-order valence-corrected chi connectivity index (χ1v) is 9.77. The lowest BCUT2D eigenvalue weighted by atomic mass is 10.1. The van der Waals surface area contributed by atoms with Crippen molar-refractivity contribution in [3.05, 3.63) is 72.8 Å². The van der Waals surface area contributed by atoms with Crippen molar-refractivity contribution in [3.8, 4) is 28.4 Å². The third kappa shape index (κ3) is 4.95. The highest BCUT2D eigenvalue weighted by Crippen LogP contribution is 2.34. The summed E-state index contributed by atoms with van der Waals surface area (Å²) >= 11 is 0. The number of carbonyl (C=O) groups excluding carboxylic acids is 2. The van der Waals surface area contributed by atoms with Gasteiger partial charge in [-0.1, -0.05) is 48.5 Å². The number of amides is 1. The number of ether oxygens (including phenoxy) is 4. The molecule has 4 rings (SSSR count). The van der Waals surface area contributed by atoms with E-state index in [4.69, 9.17) is 18.9 Å². The quantitative estimate of drug-likeness (QED) is 0.582. The fourth-order valence-electron chi connectivity index (χ4n) is 3.09. The van der Waals surface area contributed by atoms with Crippen LogP contribution in [0, 0.1) is 0 Å². The van der Waals surface area contributed by atoms with Crippen molar-refractivity contribution in [2.75, 3.05) is 18.7 Å². The zero-order chi connectivity index (χ0) is 21.6. The van der Waals surface area contributed by atoms with E-state index in [9.17, 15) is 9.59 Å². The van der Waals surface area contributed by atoms with Crippen LogP contribution in [0.25, 0.3) is 11.1 Å². The molecule has 0 bridgehead atoms. The summed E-state index contributed by atoms with van der Waals surface area (Å²) in [5.74, 6) is 0.620. The minimum absolute atomic E-state index is 0.147. The second-order valence-electron chi connectivity index (χ2n) is 6.84. The number of hydrogen-bond acceptors (Lipinski definition) is 6. The van der Waals surface area contributed by atoms with Crippen LogP contribution in [0.4, 0.5) is 5.69 Å². The highest BCUT2D eigenvalue weighted by atomic mass is 16.7. The Morgan fingerprint density at radius 3 is 2.55 bits per heavy atom. The zero-order valence-electron chi connectivity index (χ0n) is 16.9. The smallest absolute Gasteiger partial charge is 0.344 e. The second kappa shape index (κ2) is 9.21. The van der Waals surface area contributed by atoms with Crippen molar-refractivity contribution in [2.24, 2.45) is 0 Å². The van der Waals surface area contributed by atoms with Crippen LogP contribution in [0.2, 0.25) is 0 Å². The lowest BCUT2D eigenvalue weighted by molar-refractivity contribution is -0.155. The fraction of sp³-hybridized carbons (Fsp3) is 0.167.